The van der Waals surface area contributed by atoms with Gasteiger partial charge in [0.25, 0.3) is 0 Å². The molecule has 2 aromatic carbocycles. The van der Waals surface area contributed by atoms with Crippen LogP contribution in [0.1, 0.15) is 11.1 Å². The molecular weight excluding hydrogens is 331 g/mol. The number of amides is 1. The standard InChI is InChI=1S/C17H19FN2O3S/c1-13-4-3-5-14(10-13)11-19-17(21)12-20(24(2,22)23)16-8-6-15(18)7-9-16/h3-10H,11-12H2,1-2H3,(H,19,21). The fourth-order valence-electron chi connectivity index (χ4n) is 2.22. The fourth-order valence-corrected chi connectivity index (χ4v) is 3.07. The number of hydrogen-bond donors (Lipinski definition) is 1. The lowest BCUT2D eigenvalue weighted by Gasteiger charge is -2.21. The summed E-state index contributed by atoms with van der Waals surface area (Å²) < 4.78 is 37.8. The Labute approximate surface area is 141 Å². The Bertz CT molecular complexity index is 820. The van der Waals surface area contributed by atoms with E-state index in [9.17, 15) is 17.6 Å². The first kappa shape index (κ1) is 17.9. The molecule has 0 saturated carbocycles. The molecule has 2 rings (SSSR count). The molecule has 0 aliphatic carbocycles. The summed E-state index contributed by atoms with van der Waals surface area (Å²) in [5, 5.41) is 2.69. The van der Waals surface area contributed by atoms with E-state index in [0.717, 1.165) is 33.8 Å². The summed E-state index contributed by atoms with van der Waals surface area (Å²) in [7, 11) is -3.67. The Morgan fingerprint density at radius 3 is 2.42 bits per heavy atom. The number of carbonyl (C=O) groups excluding carboxylic acids is 1. The first-order valence-corrected chi connectivity index (χ1v) is 9.16. The molecule has 128 valence electrons. The minimum absolute atomic E-state index is 0.240. The monoisotopic (exact) mass is 350 g/mol. The van der Waals surface area contributed by atoms with Crippen molar-refractivity contribution in [3.8, 4) is 0 Å². The summed E-state index contributed by atoms with van der Waals surface area (Å²) in [5.74, 6) is -0.914. The number of benzene rings is 2. The second-order valence-electron chi connectivity index (χ2n) is 5.51. The van der Waals surface area contributed by atoms with E-state index >= 15 is 0 Å². The van der Waals surface area contributed by atoms with E-state index < -0.39 is 21.7 Å². The van der Waals surface area contributed by atoms with E-state index in [1.807, 2.05) is 31.2 Å². The molecule has 0 bridgehead atoms. The number of nitrogens with one attached hydrogen (secondary N) is 1. The van der Waals surface area contributed by atoms with Crippen molar-refractivity contribution in [2.75, 3.05) is 17.1 Å². The summed E-state index contributed by atoms with van der Waals surface area (Å²) in [4.78, 5) is 12.1. The highest BCUT2D eigenvalue weighted by atomic mass is 32.2. The molecule has 1 N–H and O–H groups in total. The van der Waals surface area contributed by atoms with Crippen LogP contribution in [-0.4, -0.2) is 27.1 Å². The molecule has 0 aromatic heterocycles. The summed E-state index contributed by atoms with van der Waals surface area (Å²) in [6.07, 6.45) is 1.00. The molecule has 0 fully saturated rings. The summed E-state index contributed by atoms with van der Waals surface area (Å²) >= 11 is 0. The van der Waals surface area contributed by atoms with Crippen molar-refractivity contribution in [1.29, 1.82) is 0 Å². The number of halogens is 1. The van der Waals surface area contributed by atoms with Gasteiger partial charge in [-0.05, 0) is 36.8 Å². The maximum Gasteiger partial charge on any atom is 0.241 e. The molecule has 0 aliphatic rings. The van der Waals surface area contributed by atoms with E-state index in [1.165, 1.54) is 12.1 Å². The number of rotatable bonds is 6. The van der Waals surface area contributed by atoms with Gasteiger partial charge in [-0.3, -0.25) is 9.10 Å². The van der Waals surface area contributed by atoms with Crippen molar-refractivity contribution in [2.24, 2.45) is 0 Å². The fraction of sp³-hybridized carbons (Fsp3) is 0.235. The van der Waals surface area contributed by atoms with Crippen LogP contribution in [0.15, 0.2) is 48.5 Å². The van der Waals surface area contributed by atoms with Crippen molar-refractivity contribution < 1.29 is 17.6 Å². The molecule has 0 unspecified atom stereocenters. The normalized spacial score (nSPS) is 11.1. The minimum Gasteiger partial charge on any atom is -0.350 e. The van der Waals surface area contributed by atoms with Crippen LogP contribution >= 0.6 is 0 Å². The first-order valence-electron chi connectivity index (χ1n) is 7.31. The lowest BCUT2D eigenvalue weighted by molar-refractivity contribution is -0.119. The zero-order chi connectivity index (χ0) is 17.7. The number of carbonyl (C=O) groups is 1. The second kappa shape index (κ2) is 7.44. The molecule has 0 radical (unpaired) electrons. The zero-order valence-corrected chi connectivity index (χ0v) is 14.3. The van der Waals surface area contributed by atoms with Gasteiger partial charge in [0.2, 0.25) is 15.9 Å². The number of sulfonamides is 1. The highest BCUT2D eigenvalue weighted by molar-refractivity contribution is 7.92. The second-order valence-corrected chi connectivity index (χ2v) is 7.42. The largest absolute Gasteiger partial charge is 0.350 e. The van der Waals surface area contributed by atoms with Crippen LogP contribution < -0.4 is 9.62 Å². The summed E-state index contributed by atoms with van der Waals surface area (Å²) in [5.41, 5.74) is 2.24. The SMILES string of the molecule is Cc1cccc(CNC(=O)CN(c2ccc(F)cc2)S(C)(=O)=O)c1. The van der Waals surface area contributed by atoms with Gasteiger partial charge in [-0.2, -0.15) is 0 Å². The Morgan fingerprint density at radius 2 is 1.83 bits per heavy atom. The van der Waals surface area contributed by atoms with Gasteiger partial charge < -0.3 is 5.32 Å². The maximum atomic E-state index is 13.0. The molecular formula is C17H19FN2O3S. The Hall–Kier alpha value is -2.41. The maximum absolute atomic E-state index is 13.0. The van der Waals surface area contributed by atoms with Gasteiger partial charge in [0.15, 0.2) is 0 Å². The van der Waals surface area contributed by atoms with E-state index in [2.05, 4.69) is 5.32 Å². The molecule has 0 saturated heterocycles. The predicted molar refractivity (Wildman–Crippen MR) is 91.6 cm³/mol. The number of nitrogens with zero attached hydrogens (tertiary/aromatic N) is 1. The van der Waals surface area contributed by atoms with E-state index in [1.54, 1.807) is 0 Å². The molecule has 2 aromatic rings. The van der Waals surface area contributed by atoms with Gasteiger partial charge in [-0.15, -0.1) is 0 Å². The van der Waals surface area contributed by atoms with Crippen LogP contribution in [0.3, 0.4) is 0 Å². The topological polar surface area (TPSA) is 66.5 Å². The van der Waals surface area contributed by atoms with Crippen LogP contribution in [-0.2, 0) is 21.4 Å². The van der Waals surface area contributed by atoms with Gasteiger partial charge in [0.1, 0.15) is 12.4 Å². The Balaban J connectivity index is 2.06. The van der Waals surface area contributed by atoms with Crippen LogP contribution in [0.2, 0.25) is 0 Å². The highest BCUT2D eigenvalue weighted by Crippen LogP contribution is 2.17. The summed E-state index contributed by atoms with van der Waals surface area (Å²) in [6.45, 7) is 1.89. The molecule has 0 spiro atoms. The van der Waals surface area contributed by atoms with Gasteiger partial charge >= 0.3 is 0 Å². The van der Waals surface area contributed by atoms with Crippen LogP contribution in [0.5, 0.6) is 0 Å². The third-order valence-corrected chi connectivity index (χ3v) is 4.51. The van der Waals surface area contributed by atoms with Crippen molar-refractivity contribution in [3.05, 3.63) is 65.5 Å². The number of anilines is 1. The quantitative estimate of drug-likeness (QED) is 0.869. The average molecular weight is 350 g/mol. The van der Waals surface area contributed by atoms with Gasteiger partial charge in [-0.25, -0.2) is 12.8 Å². The molecule has 24 heavy (non-hydrogen) atoms. The van der Waals surface area contributed by atoms with E-state index in [4.69, 9.17) is 0 Å². The Morgan fingerprint density at radius 1 is 1.17 bits per heavy atom. The molecule has 5 nitrogen and oxygen atoms in total. The predicted octanol–water partition coefficient (Wildman–Crippen LogP) is 2.22. The van der Waals surface area contributed by atoms with Gasteiger partial charge in [-0.1, -0.05) is 29.8 Å². The highest BCUT2D eigenvalue weighted by Gasteiger charge is 2.20. The lowest BCUT2D eigenvalue weighted by Crippen LogP contribution is -2.40. The summed E-state index contributed by atoms with van der Waals surface area (Å²) in [6, 6.07) is 12.6. The molecule has 0 aliphatic heterocycles. The Kier molecular flexibility index (Phi) is 5.56. The molecule has 1 amide bonds. The molecule has 0 heterocycles. The lowest BCUT2D eigenvalue weighted by atomic mass is 10.1. The minimum atomic E-state index is -3.67. The number of aryl methyl sites for hydroxylation is 1. The molecule has 0 atom stereocenters. The van der Waals surface area contributed by atoms with Gasteiger partial charge in [0.05, 0.1) is 11.9 Å². The van der Waals surface area contributed by atoms with Crippen LogP contribution in [0, 0.1) is 12.7 Å². The van der Waals surface area contributed by atoms with Crippen molar-refractivity contribution in [1.82, 2.24) is 5.32 Å². The van der Waals surface area contributed by atoms with Crippen LogP contribution in [0.25, 0.3) is 0 Å². The third-order valence-electron chi connectivity index (χ3n) is 3.37. The number of hydrogen-bond acceptors (Lipinski definition) is 3. The van der Waals surface area contributed by atoms with Crippen molar-refractivity contribution in [2.45, 2.75) is 13.5 Å². The van der Waals surface area contributed by atoms with Crippen molar-refractivity contribution in [3.63, 3.8) is 0 Å². The smallest absolute Gasteiger partial charge is 0.241 e. The third kappa shape index (κ3) is 5.06. The van der Waals surface area contributed by atoms with E-state index in [0.29, 0.717) is 6.54 Å². The first-order chi connectivity index (χ1) is 11.3. The van der Waals surface area contributed by atoms with E-state index in [-0.39, 0.29) is 12.2 Å². The van der Waals surface area contributed by atoms with Crippen molar-refractivity contribution >= 4 is 21.6 Å². The van der Waals surface area contributed by atoms with Crippen LogP contribution in [0.4, 0.5) is 10.1 Å². The average Bonchev–Trinajstić information content (AvgIpc) is 2.51. The zero-order valence-electron chi connectivity index (χ0n) is 13.5. The van der Waals surface area contributed by atoms with Gasteiger partial charge in [0, 0.05) is 6.54 Å². The molecule has 7 heteroatoms.